The van der Waals surface area contributed by atoms with E-state index in [1.165, 1.54) is 6.42 Å². The Balaban J connectivity index is 2.22. The number of hydrogen-bond donors (Lipinski definition) is 3. The number of piperidine rings is 1. The quantitative estimate of drug-likeness (QED) is 0.625. The van der Waals surface area contributed by atoms with Crippen LogP contribution in [0.5, 0.6) is 0 Å². The summed E-state index contributed by atoms with van der Waals surface area (Å²) in [5, 5.41) is 15.1. The van der Waals surface area contributed by atoms with Crippen LogP contribution in [0.3, 0.4) is 0 Å². The number of rotatable bonds is 6. The van der Waals surface area contributed by atoms with Crippen molar-refractivity contribution >= 4 is 5.91 Å². The van der Waals surface area contributed by atoms with E-state index in [1.807, 2.05) is 0 Å². The molecule has 0 bridgehead atoms. The van der Waals surface area contributed by atoms with E-state index in [0.29, 0.717) is 12.5 Å². The second-order valence-electron chi connectivity index (χ2n) is 4.53. The van der Waals surface area contributed by atoms with E-state index in [2.05, 4.69) is 17.6 Å². The molecule has 4 nitrogen and oxygen atoms in total. The summed E-state index contributed by atoms with van der Waals surface area (Å²) in [6.45, 7) is 3.93. The molecule has 3 N–H and O–H groups in total. The molecule has 0 aliphatic carbocycles. The average molecular weight is 228 g/mol. The Labute approximate surface area is 97.8 Å². The Morgan fingerprint density at radius 3 is 2.94 bits per heavy atom. The van der Waals surface area contributed by atoms with Crippen LogP contribution in [0, 0.1) is 5.92 Å². The minimum Gasteiger partial charge on any atom is -0.396 e. The SMILES string of the molecule is CCC(CCO)CNC(=O)[C@@H]1CCCCN1. The number of carbonyl (C=O) groups is 1. The molecular formula is C12H24N2O2. The van der Waals surface area contributed by atoms with Gasteiger partial charge >= 0.3 is 0 Å². The molecule has 1 saturated heterocycles. The van der Waals surface area contributed by atoms with Crippen molar-refractivity contribution in [2.45, 2.75) is 45.1 Å². The van der Waals surface area contributed by atoms with E-state index >= 15 is 0 Å². The molecule has 0 saturated carbocycles. The van der Waals surface area contributed by atoms with Crippen LogP contribution >= 0.6 is 0 Å². The van der Waals surface area contributed by atoms with Crippen LogP contribution in [0.15, 0.2) is 0 Å². The number of amides is 1. The topological polar surface area (TPSA) is 61.4 Å². The highest BCUT2D eigenvalue weighted by Gasteiger charge is 2.20. The van der Waals surface area contributed by atoms with Crippen molar-refractivity contribution in [3.05, 3.63) is 0 Å². The maximum atomic E-state index is 11.8. The molecular weight excluding hydrogens is 204 g/mol. The second-order valence-corrected chi connectivity index (χ2v) is 4.53. The molecule has 1 unspecified atom stereocenters. The zero-order valence-electron chi connectivity index (χ0n) is 10.2. The summed E-state index contributed by atoms with van der Waals surface area (Å²) in [5.74, 6) is 0.522. The van der Waals surface area contributed by atoms with Crippen LogP contribution in [-0.4, -0.2) is 36.8 Å². The molecule has 0 aromatic heterocycles. The Morgan fingerprint density at radius 2 is 2.38 bits per heavy atom. The molecule has 0 aromatic carbocycles. The van der Waals surface area contributed by atoms with Gasteiger partial charge in [-0.2, -0.15) is 0 Å². The van der Waals surface area contributed by atoms with Crippen molar-refractivity contribution in [2.75, 3.05) is 19.7 Å². The van der Waals surface area contributed by atoms with Gasteiger partial charge in [0, 0.05) is 13.2 Å². The van der Waals surface area contributed by atoms with E-state index in [9.17, 15) is 4.79 Å². The highest BCUT2D eigenvalue weighted by atomic mass is 16.3. The smallest absolute Gasteiger partial charge is 0.237 e. The molecule has 1 rings (SSSR count). The number of aliphatic hydroxyl groups is 1. The first-order chi connectivity index (χ1) is 7.77. The number of hydrogen-bond acceptors (Lipinski definition) is 3. The fourth-order valence-electron chi connectivity index (χ4n) is 2.08. The summed E-state index contributed by atoms with van der Waals surface area (Å²) in [5.41, 5.74) is 0. The standard InChI is InChI=1S/C12H24N2O2/c1-2-10(6-8-15)9-14-12(16)11-5-3-4-7-13-11/h10-11,13,15H,2-9H2,1H3,(H,14,16)/t10?,11-/m0/s1. The van der Waals surface area contributed by atoms with Gasteiger partial charge in [-0.3, -0.25) is 4.79 Å². The van der Waals surface area contributed by atoms with Crippen molar-refractivity contribution in [1.82, 2.24) is 10.6 Å². The lowest BCUT2D eigenvalue weighted by Gasteiger charge is -2.23. The Kier molecular flexibility index (Phi) is 6.42. The molecule has 16 heavy (non-hydrogen) atoms. The van der Waals surface area contributed by atoms with Gasteiger partial charge in [-0.05, 0) is 31.7 Å². The van der Waals surface area contributed by atoms with Gasteiger partial charge in [0.1, 0.15) is 0 Å². The van der Waals surface area contributed by atoms with E-state index in [-0.39, 0.29) is 18.6 Å². The van der Waals surface area contributed by atoms with Gasteiger partial charge in [-0.15, -0.1) is 0 Å². The normalized spacial score (nSPS) is 22.8. The molecule has 0 spiro atoms. The lowest BCUT2D eigenvalue weighted by Crippen LogP contribution is -2.47. The molecule has 1 heterocycles. The predicted octanol–water partition coefficient (Wildman–Crippen LogP) is 0.653. The first-order valence-electron chi connectivity index (χ1n) is 6.39. The van der Waals surface area contributed by atoms with Crippen molar-refractivity contribution in [2.24, 2.45) is 5.92 Å². The van der Waals surface area contributed by atoms with Crippen LogP contribution in [0.2, 0.25) is 0 Å². The molecule has 2 atom stereocenters. The van der Waals surface area contributed by atoms with Gasteiger partial charge in [-0.25, -0.2) is 0 Å². The van der Waals surface area contributed by atoms with Crippen LogP contribution in [-0.2, 0) is 4.79 Å². The van der Waals surface area contributed by atoms with Gasteiger partial charge in [0.25, 0.3) is 0 Å². The van der Waals surface area contributed by atoms with Gasteiger partial charge in [0.05, 0.1) is 6.04 Å². The van der Waals surface area contributed by atoms with Crippen LogP contribution in [0.4, 0.5) is 0 Å². The molecule has 1 aliphatic rings. The monoisotopic (exact) mass is 228 g/mol. The fourth-order valence-corrected chi connectivity index (χ4v) is 2.08. The minimum absolute atomic E-state index is 0.000354. The van der Waals surface area contributed by atoms with Crippen molar-refractivity contribution < 1.29 is 9.90 Å². The summed E-state index contributed by atoms with van der Waals surface area (Å²) < 4.78 is 0. The number of nitrogens with one attached hydrogen (secondary N) is 2. The Hall–Kier alpha value is -0.610. The largest absolute Gasteiger partial charge is 0.396 e. The summed E-state index contributed by atoms with van der Waals surface area (Å²) in [7, 11) is 0. The Bertz CT molecular complexity index is 203. The molecule has 0 aromatic rings. The summed E-state index contributed by atoms with van der Waals surface area (Å²) in [6, 6.07) is 0.000354. The summed E-state index contributed by atoms with van der Waals surface area (Å²) in [6.07, 6.45) is 5.03. The van der Waals surface area contributed by atoms with E-state index in [0.717, 1.165) is 32.2 Å². The molecule has 1 aliphatic heterocycles. The van der Waals surface area contributed by atoms with Gasteiger partial charge in [-0.1, -0.05) is 19.8 Å². The zero-order chi connectivity index (χ0) is 11.8. The van der Waals surface area contributed by atoms with Gasteiger partial charge in [0.2, 0.25) is 5.91 Å². The maximum Gasteiger partial charge on any atom is 0.237 e. The molecule has 1 fully saturated rings. The van der Waals surface area contributed by atoms with E-state index in [1.54, 1.807) is 0 Å². The van der Waals surface area contributed by atoms with Crippen LogP contribution < -0.4 is 10.6 Å². The molecule has 94 valence electrons. The van der Waals surface area contributed by atoms with E-state index < -0.39 is 0 Å². The van der Waals surface area contributed by atoms with Crippen molar-refractivity contribution in [3.8, 4) is 0 Å². The lowest BCUT2D eigenvalue weighted by atomic mass is 10.0. The minimum atomic E-state index is 0.000354. The average Bonchev–Trinajstić information content (AvgIpc) is 2.35. The van der Waals surface area contributed by atoms with Gasteiger partial charge < -0.3 is 15.7 Å². The predicted molar refractivity (Wildman–Crippen MR) is 64.1 cm³/mol. The lowest BCUT2D eigenvalue weighted by molar-refractivity contribution is -0.123. The summed E-state index contributed by atoms with van der Waals surface area (Å²) >= 11 is 0. The third kappa shape index (κ3) is 4.49. The summed E-state index contributed by atoms with van der Waals surface area (Å²) in [4.78, 5) is 11.8. The van der Waals surface area contributed by atoms with Crippen LogP contribution in [0.25, 0.3) is 0 Å². The number of carbonyl (C=O) groups excluding carboxylic acids is 1. The zero-order valence-corrected chi connectivity index (χ0v) is 10.2. The van der Waals surface area contributed by atoms with Crippen molar-refractivity contribution in [1.29, 1.82) is 0 Å². The van der Waals surface area contributed by atoms with E-state index in [4.69, 9.17) is 5.11 Å². The van der Waals surface area contributed by atoms with Crippen LogP contribution in [0.1, 0.15) is 39.0 Å². The second kappa shape index (κ2) is 7.63. The number of aliphatic hydroxyl groups excluding tert-OH is 1. The third-order valence-corrected chi connectivity index (χ3v) is 3.31. The Morgan fingerprint density at radius 1 is 1.56 bits per heavy atom. The van der Waals surface area contributed by atoms with Gasteiger partial charge in [0.15, 0.2) is 0 Å². The highest BCUT2D eigenvalue weighted by Crippen LogP contribution is 2.08. The molecule has 0 radical (unpaired) electrons. The first-order valence-corrected chi connectivity index (χ1v) is 6.39. The highest BCUT2D eigenvalue weighted by molar-refractivity contribution is 5.81. The third-order valence-electron chi connectivity index (χ3n) is 3.31. The first kappa shape index (κ1) is 13.5. The maximum absolute atomic E-state index is 11.8. The molecule has 1 amide bonds. The molecule has 4 heteroatoms. The fraction of sp³-hybridized carbons (Fsp3) is 0.917. The van der Waals surface area contributed by atoms with Crippen molar-refractivity contribution in [3.63, 3.8) is 0 Å².